The van der Waals surface area contributed by atoms with Gasteiger partial charge in [-0.05, 0) is 51.4 Å². The Bertz CT molecular complexity index is 1600. The van der Waals surface area contributed by atoms with E-state index >= 15 is 0 Å². The van der Waals surface area contributed by atoms with E-state index in [0.29, 0.717) is 0 Å². The van der Waals surface area contributed by atoms with Gasteiger partial charge in [0.15, 0.2) is 0 Å². The minimum Gasteiger partial charge on any atom is -0.195 e. The molecule has 0 amide bonds. The van der Waals surface area contributed by atoms with E-state index in [-0.39, 0.29) is 0 Å². The molecule has 0 aliphatic carbocycles. The smallest absolute Gasteiger partial charge is 0.108 e. The predicted molar refractivity (Wildman–Crippen MR) is 381 cm³/mol. The van der Waals surface area contributed by atoms with Gasteiger partial charge >= 0.3 is 0 Å². The van der Waals surface area contributed by atoms with Crippen LogP contribution in [-0.2, 0) is 0 Å². The molecule has 0 saturated carbocycles. The molecule has 0 atom stereocenters. The number of unbranched alkanes of at least 4 members (excludes halogenated alkanes) is 44. The Kier molecular flexibility index (Phi) is 48.3. The summed E-state index contributed by atoms with van der Waals surface area (Å²) in [5.41, 5.74) is 5.36. The summed E-state index contributed by atoms with van der Waals surface area (Å²) in [4.78, 5) is 0. The van der Waals surface area contributed by atoms with Crippen LogP contribution in [0, 0.1) is 0 Å². The van der Waals surface area contributed by atoms with Crippen molar-refractivity contribution in [3.8, 4) is 0 Å². The highest BCUT2D eigenvalue weighted by Gasteiger charge is 2.35. The normalized spacial score (nSPS) is 11.8. The minimum absolute atomic E-state index is 0.816. The first kappa shape index (κ1) is 73.6. The zero-order valence-corrected chi connectivity index (χ0v) is 56.2. The number of hydrogen-bond donors (Lipinski definition) is 0. The van der Waals surface area contributed by atoms with Gasteiger partial charge in [0, 0.05) is 7.26 Å². The molecule has 0 heterocycles. The average Bonchev–Trinajstić information content (AvgIpc) is 3.71. The van der Waals surface area contributed by atoms with E-state index in [2.05, 4.69) is 149 Å². The fourth-order valence-corrected chi connectivity index (χ4v) is 18.9. The summed E-state index contributed by atoms with van der Waals surface area (Å²) in [6.07, 6.45) is 77.1. The van der Waals surface area contributed by atoms with E-state index in [0.717, 1.165) is 0 Å². The van der Waals surface area contributed by atoms with Crippen molar-refractivity contribution in [2.45, 2.75) is 336 Å². The van der Waals surface area contributed by atoms with Crippen LogP contribution < -0.4 is 21.9 Å². The van der Waals surface area contributed by atoms with Crippen molar-refractivity contribution in [1.82, 2.24) is 0 Å². The molecule has 82 heavy (non-hydrogen) atoms. The Hall–Kier alpha value is -2.63. The van der Waals surface area contributed by atoms with E-state index in [1.165, 1.54) is 304 Å². The molecule has 0 fully saturated rings. The molecule has 4 aromatic carbocycles. The maximum Gasteiger partial charge on any atom is 0.108 e. The lowest BCUT2D eigenvalue weighted by atomic mass is 9.13. The molecule has 464 valence electrons. The maximum atomic E-state index is 2.34. The monoisotopic (exact) mass is 1140 g/mol. The van der Waals surface area contributed by atoms with Crippen LogP contribution in [-0.4, -0.2) is 30.8 Å². The molecule has 0 bridgehead atoms. The first-order valence-corrected chi connectivity index (χ1v) is 39.4. The van der Waals surface area contributed by atoms with Gasteiger partial charge in [0.25, 0.3) is 0 Å². The van der Waals surface area contributed by atoms with Crippen molar-refractivity contribution in [1.29, 1.82) is 0 Å². The lowest BCUT2D eigenvalue weighted by Gasteiger charge is -2.44. The van der Waals surface area contributed by atoms with Crippen molar-refractivity contribution < 1.29 is 0 Å². The summed E-state index contributed by atoms with van der Waals surface area (Å²) in [6.45, 7) is 9.35. The van der Waals surface area contributed by atoms with Crippen LogP contribution in [0.4, 0.5) is 0 Å². The molecule has 0 N–H and O–H groups in total. The summed E-state index contributed by atoms with van der Waals surface area (Å²) in [5.74, 6) is 0. The fraction of sp³-hybridized carbons (Fsp3) is 0.700. The third-order valence-corrected chi connectivity index (χ3v) is 24.2. The molecule has 2 heteroatoms. The Morgan fingerprint density at radius 3 is 0.463 bits per heavy atom. The van der Waals surface area contributed by atoms with Gasteiger partial charge in [0.2, 0.25) is 0 Å². The predicted octanol–water partition coefficient (Wildman–Crippen LogP) is 24.9. The van der Waals surface area contributed by atoms with Gasteiger partial charge in [-0.1, -0.05) is 406 Å². The Balaban J connectivity index is 0.000000574. The number of rotatable bonds is 56. The van der Waals surface area contributed by atoms with Gasteiger partial charge in [0.05, 0.1) is 24.6 Å². The zero-order valence-electron chi connectivity index (χ0n) is 55.3. The fourth-order valence-electron chi connectivity index (χ4n) is 13.9. The summed E-state index contributed by atoms with van der Waals surface area (Å²) in [5, 5.41) is 0. The van der Waals surface area contributed by atoms with Crippen molar-refractivity contribution in [3.05, 3.63) is 121 Å². The van der Waals surface area contributed by atoms with E-state index in [4.69, 9.17) is 0 Å². The Morgan fingerprint density at radius 2 is 0.317 bits per heavy atom. The van der Waals surface area contributed by atoms with E-state index in [9.17, 15) is 0 Å². The highest BCUT2D eigenvalue weighted by atomic mass is 31.2. The van der Waals surface area contributed by atoms with Crippen molar-refractivity contribution in [3.63, 3.8) is 0 Å². The molecule has 4 rings (SSSR count). The van der Waals surface area contributed by atoms with Gasteiger partial charge in [-0.2, -0.15) is 21.9 Å². The van der Waals surface area contributed by atoms with Crippen LogP contribution in [0.3, 0.4) is 0 Å². The number of benzene rings is 4. The van der Waals surface area contributed by atoms with Crippen LogP contribution in [0.1, 0.15) is 336 Å². The molecular formula is C80H136BP. The molecule has 0 saturated heterocycles. The maximum absolute atomic E-state index is 2.34. The number of hydrogen-bond acceptors (Lipinski definition) is 0. The second-order valence-corrected chi connectivity index (χ2v) is 30.8. The van der Waals surface area contributed by atoms with Crippen molar-refractivity contribution in [2.75, 3.05) is 24.6 Å². The highest BCUT2D eigenvalue weighted by molar-refractivity contribution is 7.75. The first-order valence-electron chi connectivity index (χ1n) is 36.9. The van der Waals surface area contributed by atoms with Crippen molar-refractivity contribution in [2.24, 2.45) is 0 Å². The summed E-state index contributed by atoms with van der Waals surface area (Å²) in [6, 6.07) is 43.5. The van der Waals surface area contributed by atoms with Crippen LogP contribution in [0.25, 0.3) is 0 Å². The third kappa shape index (κ3) is 35.1. The second-order valence-electron chi connectivity index (χ2n) is 26.3. The topological polar surface area (TPSA) is 0 Å². The van der Waals surface area contributed by atoms with E-state index in [1.807, 2.05) is 0 Å². The molecule has 0 aromatic heterocycles. The molecule has 0 spiro atoms. The third-order valence-electron chi connectivity index (χ3n) is 19.1. The molecule has 0 radical (unpaired) electrons. The SMILES string of the molecule is CCCCCCCCCCCCCC[P+](CCCCCCCCCCCCCC)(CCCCCCCCCCCCCC)CCCCCCCCCCCCCC.c1ccc([B-](c2ccccc2)(c2ccccc2)c2ccccc2)cc1. The molecule has 0 aliphatic rings. The van der Waals surface area contributed by atoms with Crippen LogP contribution in [0.5, 0.6) is 0 Å². The molecular weight excluding hydrogens is 1000 g/mol. The Morgan fingerprint density at radius 1 is 0.183 bits per heavy atom. The second kappa shape index (κ2) is 53.8. The van der Waals surface area contributed by atoms with Gasteiger partial charge in [-0.3, -0.25) is 0 Å². The Labute approximate surface area is 514 Å². The van der Waals surface area contributed by atoms with Crippen LogP contribution in [0.2, 0.25) is 0 Å². The molecule has 0 aliphatic heterocycles. The lowest BCUT2D eigenvalue weighted by molar-refractivity contribution is 0.544. The summed E-state index contributed by atoms with van der Waals surface area (Å²) < 4.78 is 0. The van der Waals surface area contributed by atoms with Gasteiger partial charge < -0.3 is 0 Å². The molecule has 0 unspecified atom stereocenters. The van der Waals surface area contributed by atoms with Gasteiger partial charge in [-0.25, -0.2) is 0 Å². The lowest BCUT2D eigenvalue weighted by Crippen LogP contribution is -2.74. The highest BCUT2D eigenvalue weighted by Crippen LogP contribution is 2.61. The molecule has 0 nitrogen and oxygen atoms in total. The van der Waals surface area contributed by atoms with Crippen LogP contribution in [0.15, 0.2) is 121 Å². The van der Waals surface area contributed by atoms with Crippen LogP contribution >= 0.6 is 7.26 Å². The minimum atomic E-state index is -1.22. The van der Waals surface area contributed by atoms with Gasteiger partial charge in [-0.15, -0.1) is 0 Å². The average molecular weight is 1140 g/mol. The summed E-state index contributed by atoms with van der Waals surface area (Å²) in [7, 11) is -0.816. The quantitative estimate of drug-likeness (QED) is 0.0235. The summed E-state index contributed by atoms with van der Waals surface area (Å²) >= 11 is 0. The van der Waals surface area contributed by atoms with Crippen molar-refractivity contribution >= 4 is 35.3 Å². The largest absolute Gasteiger partial charge is 0.195 e. The van der Waals surface area contributed by atoms with E-state index in [1.54, 1.807) is 50.3 Å². The standard InChI is InChI=1S/C56H116P.C24H20B/c1-5-9-13-17-21-25-29-33-37-41-45-49-53-57(54-50-46-42-38-34-30-26-22-18-14-10-6-2,55-51-47-43-39-35-31-27-23-19-15-11-7-3)56-52-48-44-40-36-32-28-24-20-16-12-8-4;1-5-13-21(14-6-1)25(22-15-7-2-8-16-22,23-17-9-3-10-18-23)24-19-11-4-12-20-24/h5-56H2,1-4H3;1-20H/q+1;-1. The van der Waals surface area contributed by atoms with E-state index < -0.39 is 13.4 Å². The zero-order chi connectivity index (χ0) is 58.2. The molecule has 4 aromatic rings. The first-order chi connectivity index (χ1) is 40.7. The van der Waals surface area contributed by atoms with Gasteiger partial charge in [0.1, 0.15) is 6.15 Å².